The molecule has 0 heterocycles. The van der Waals surface area contributed by atoms with Gasteiger partial charge < -0.3 is 4.74 Å². The second-order valence-electron chi connectivity index (χ2n) is 7.00. The SMILES string of the molecule is N#Cc1ccc(C(=O)NN=Cc2ccc(OCc3cccc4ccccc34)cc2)c(F)c1. The van der Waals surface area contributed by atoms with Crippen LogP contribution in [0.3, 0.4) is 0 Å². The number of hydrogen-bond acceptors (Lipinski definition) is 4. The van der Waals surface area contributed by atoms with Crippen molar-refractivity contribution in [1.29, 1.82) is 5.26 Å². The standard InChI is InChI=1S/C26H18FN3O2/c27-25-14-19(15-28)10-13-24(25)26(31)30-29-16-18-8-11-22(12-9-18)32-17-21-6-3-5-20-4-1-2-7-23(20)21/h1-14,16H,17H2,(H,30,31). The molecule has 156 valence electrons. The Kier molecular flexibility index (Phi) is 6.19. The maximum atomic E-state index is 13.9. The predicted molar refractivity (Wildman–Crippen MR) is 121 cm³/mol. The van der Waals surface area contributed by atoms with Gasteiger partial charge in [-0.2, -0.15) is 10.4 Å². The summed E-state index contributed by atoms with van der Waals surface area (Å²) in [4.78, 5) is 12.1. The van der Waals surface area contributed by atoms with Crippen molar-refractivity contribution in [3.8, 4) is 11.8 Å². The number of carbonyl (C=O) groups is 1. The van der Waals surface area contributed by atoms with Gasteiger partial charge in [-0.25, -0.2) is 9.82 Å². The summed E-state index contributed by atoms with van der Waals surface area (Å²) in [7, 11) is 0. The Labute approximate surface area is 184 Å². The summed E-state index contributed by atoms with van der Waals surface area (Å²) in [6.45, 7) is 0.445. The molecule has 1 amide bonds. The Morgan fingerprint density at radius 2 is 1.81 bits per heavy atom. The van der Waals surface area contributed by atoms with Gasteiger partial charge in [-0.3, -0.25) is 4.79 Å². The van der Waals surface area contributed by atoms with Gasteiger partial charge in [0.1, 0.15) is 18.2 Å². The normalized spacial score (nSPS) is 10.8. The molecule has 0 aliphatic rings. The van der Waals surface area contributed by atoms with Gasteiger partial charge in [-0.05, 0) is 64.4 Å². The van der Waals surface area contributed by atoms with Crippen LogP contribution in [0.5, 0.6) is 5.75 Å². The summed E-state index contributed by atoms with van der Waals surface area (Å²) in [6, 6.07) is 27.0. The van der Waals surface area contributed by atoms with E-state index in [1.54, 1.807) is 12.1 Å². The third-order valence-electron chi connectivity index (χ3n) is 4.88. The number of fused-ring (bicyclic) bond motifs is 1. The summed E-state index contributed by atoms with van der Waals surface area (Å²) in [6.07, 6.45) is 1.45. The van der Waals surface area contributed by atoms with Crippen LogP contribution in [0, 0.1) is 17.1 Å². The first kappa shape index (κ1) is 20.8. The average molecular weight is 423 g/mol. The number of rotatable bonds is 6. The first-order valence-electron chi connectivity index (χ1n) is 9.86. The van der Waals surface area contributed by atoms with Gasteiger partial charge in [0.15, 0.2) is 0 Å². The van der Waals surface area contributed by atoms with Crippen LogP contribution in [-0.4, -0.2) is 12.1 Å². The molecule has 1 N–H and O–H groups in total. The maximum Gasteiger partial charge on any atom is 0.274 e. The molecule has 0 bridgehead atoms. The first-order chi connectivity index (χ1) is 15.6. The highest BCUT2D eigenvalue weighted by Crippen LogP contribution is 2.21. The summed E-state index contributed by atoms with van der Waals surface area (Å²) >= 11 is 0. The van der Waals surface area contributed by atoms with Crippen LogP contribution in [0.25, 0.3) is 10.8 Å². The number of ether oxygens (including phenoxy) is 1. The van der Waals surface area contributed by atoms with E-state index in [0.717, 1.165) is 22.6 Å². The van der Waals surface area contributed by atoms with Crippen LogP contribution in [-0.2, 0) is 6.61 Å². The second kappa shape index (κ2) is 9.54. The maximum absolute atomic E-state index is 13.9. The Morgan fingerprint density at radius 1 is 1.03 bits per heavy atom. The minimum Gasteiger partial charge on any atom is -0.489 e. The number of nitrogens with zero attached hydrogens (tertiary/aromatic N) is 2. The lowest BCUT2D eigenvalue weighted by Crippen LogP contribution is -2.19. The highest BCUT2D eigenvalue weighted by molar-refractivity contribution is 5.95. The molecule has 0 unspecified atom stereocenters. The number of hydrazone groups is 1. The molecule has 32 heavy (non-hydrogen) atoms. The summed E-state index contributed by atoms with van der Waals surface area (Å²) in [5.41, 5.74) is 4.08. The average Bonchev–Trinajstić information content (AvgIpc) is 2.83. The van der Waals surface area contributed by atoms with Gasteiger partial charge >= 0.3 is 0 Å². The molecule has 4 aromatic carbocycles. The lowest BCUT2D eigenvalue weighted by atomic mass is 10.1. The molecule has 0 aromatic heterocycles. The Hall–Kier alpha value is -4.50. The van der Waals surface area contributed by atoms with Crippen molar-refractivity contribution >= 4 is 22.9 Å². The quantitative estimate of drug-likeness (QED) is 0.342. The molecule has 5 nitrogen and oxygen atoms in total. The van der Waals surface area contributed by atoms with Crippen LogP contribution >= 0.6 is 0 Å². The zero-order valence-corrected chi connectivity index (χ0v) is 17.0. The van der Waals surface area contributed by atoms with E-state index < -0.39 is 11.7 Å². The number of hydrogen-bond donors (Lipinski definition) is 1. The lowest BCUT2D eigenvalue weighted by molar-refractivity contribution is 0.0951. The summed E-state index contributed by atoms with van der Waals surface area (Å²) in [5, 5.41) is 15.0. The fourth-order valence-electron chi connectivity index (χ4n) is 3.22. The number of nitriles is 1. The Morgan fingerprint density at radius 3 is 2.59 bits per heavy atom. The van der Waals surface area contributed by atoms with Crippen molar-refractivity contribution in [1.82, 2.24) is 5.43 Å². The third kappa shape index (κ3) is 4.79. The molecular formula is C26H18FN3O2. The van der Waals surface area contributed by atoms with Crippen LogP contribution < -0.4 is 10.2 Å². The first-order valence-corrected chi connectivity index (χ1v) is 9.86. The molecule has 4 rings (SSSR count). The number of halogens is 1. The highest BCUT2D eigenvalue weighted by atomic mass is 19.1. The third-order valence-corrected chi connectivity index (χ3v) is 4.88. The van der Waals surface area contributed by atoms with Crippen molar-refractivity contribution in [3.05, 3.63) is 113 Å². The number of carbonyl (C=O) groups excluding carboxylic acids is 1. The van der Waals surface area contributed by atoms with E-state index in [2.05, 4.69) is 28.7 Å². The van der Waals surface area contributed by atoms with Crippen molar-refractivity contribution < 1.29 is 13.9 Å². The monoisotopic (exact) mass is 423 g/mol. The summed E-state index contributed by atoms with van der Waals surface area (Å²) < 4.78 is 19.8. The van der Waals surface area contributed by atoms with Gasteiger partial charge in [-0.15, -0.1) is 0 Å². The van der Waals surface area contributed by atoms with E-state index in [9.17, 15) is 9.18 Å². The molecule has 0 aliphatic heterocycles. The zero-order chi connectivity index (χ0) is 22.3. The highest BCUT2D eigenvalue weighted by Gasteiger charge is 2.11. The fourth-order valence-corrected chi connectivity index (χ4v) is 3.22. The molecule has 4 aromatic rings. The van der Waals surface area contributed by atoms with Crippen molar-refractivity contribution in [3.63, 3.8) is 0 Å². The molecule has 0 radical (unpaired) electrons. The number of amides is 1. The largest absolute Gasteiger partial charge is 0.489 e. The van der Waals surface area contributed by atoms with E-state index in [1.165, 1.54) is 23.7 Å². The zero-order valence-electron chi connectivity index (χ0n) is 17.0. The Bertz CT molecular complexity index is 1340. The van der Waals surface area contributed by atoms with Gasteiger partial charge in [0.05, 0.1) is 23.4 Å². The molecule has 0 atom stereocenters. The summed E-state index contributed by atoms with van der Waals surface area (Å²) in [5.74, 6) is -0.762. The number of nitrogens with one attached hydrogen (secondary N) is 1. The van der Waals surface area contributed by atoms with Crippen molar-refractivity contribution in [2.75, 3.05) is 0 Å². The molecule has 0 fully saturated rings. The fraction of sp³-hybridized carbons (Fsp3) is 0.0385. The minimum atomic E-state index is -0.774. The lowest BCUT2D eigenvalue weighted by Gasteiger charge is -2.09. The molecular weight excluding hydrogens is 405 g/mol. The molecule has 0 saturated carbocycles. The van der Waals surface area contributed by atoms with Crippen LogP contribution in [0.15, 0.2) is 90.0 Å². The molecule has 0 aliphatic carbocycles. The smallest absolute Gasteiger partial charge is 0.274 e. The van der Waals surface area contributed by atoms with E-state index in [-0.39, 0.29) is 11.1 Å². The minimum absolute atomic E-state index is 0.144. The van der Waals surface area contributed by atoms with E-state index in [1.807, 2.05) is 42.5 Å². The predicted octanol–water partition coefficient (Wildman–Crippen LogP) is 5.19. The molecule has 0 spiro atoms. The second-order valence-corrected chi connectivity index (χ2v) is 7.00. The van der Waals surface area contributed by atoms with Crippen LogP contribution in [0.2, 0.25) is 0 Å². The Balaban J connectivity index is 1.35. The van der Waals surface area contributed by atoms with Gasteiger partial charge in [0.2, 0.25) is 0 Å². The number of benzene rings is 4. The topological polar surface area (TPSA) is 74.5 Å². The molecule has 6 heteroatoms. The van der Waals surface area contributed by atoms with Gasteiger partial charge in [0.25, 0.3) is 5.91 Å². The molecule has 0 saturated heterocycles. The van der Waals surface area contributed by atoms with Crippen LogP contribution in [0.4, 0.5) is 4.39 Å². The van der Waals surface area contributed by atoms with E-state index in [0.29, 0.717) is 12.4 Å². The van der Waals surface area contributed by atoms with Crippen molar-refractivity contribution in [2.24, 2.45) is 5.10 Å². The van der Waals surface area contributed by atoms with Crippen LogP contribution in [0.1, 0.15) is 27.0 Å². The van der Waals surface area contributed by atoms with Gasteiger partial charge in [0, 0.05) is 0 Å². The van der Waals surface area contributed by atoms with Crippen molar-refractivity contribution in [2.45, 2.75) is 6.61 Å². The van der Waals surface area contributed by atoms with E-state index >= 15 is 0 Å². The van der Waals surface area contributed by atoms with E-state index in [4.69, 9.17) is 10.00 Å². The van der Waals surface area contributed by atoms with Gasteiger partial charge in [-0.1, -0.05) is 42.5 Å².